The fraction of sp³-hybridized carbons (Fsp3) is 0.300. The van der Waals surface area contributed by atoms with Crippen LogP contribution in [-0.2, 0) is 0 Å². The van der Waals surface area contributed by atoms with Crippen LogP contribution in [0.15, 0.2) is 24.3 Å². The molecule has 0 saturated carbocycles. The smallest absolute Gasteiger partial charge is 0.335 e. The fourth-order valence-electron chi connectivity index (χ4n) is 3.40. The predicted octanol–water partition coefficient (Wildman–Crippen LogP) is 4.91. The fourth-order valence-corrected chi connectivity index (χ4v) is 4.52. The van der Waals surface area contributed by atoms with Crippen molar-refractivity contribution in [3.05, 3.63) is 60.2 Å². The Bertz CT molecular complexity index is 966. The van der Waals surface area contributed by atoms with Crippen LogP contribution in [0.25, 0.3) is 11.1 Å². The first-order valence-electron chi connectivity index (χ1n) is 8.66. The summed E-state index contributed by atoms with van der Waals surface area (Å²) in [6.07, 6.45) is 0. The number of nitrogens with two attached hydrogens (primary N) is 1. The molecule has 0 unspecified atom stereocenters. The zero-order chi connectivity index (χ0) is 21.3. The van der Waals surface area contributed by atoms with Gasteiger partial charge in [-0.25, -0.2) is 4.79 Å². The Balaban J connectivity index is 3.05. The lowest BCUT2D eigenvalue weighted by Gasteiger charge is -2.23. The van der Waals surface area contributed by atoms with E-state index in [9.17, 15) is 19.7 Å². The Morgan fingerprint density at radius 3 is 1.93 bits per heavy atom. The van der Waals surface area contributed by atoms with E-state index in [1.165, 1.54) is 24.3 Å². The summed E-state index contributed by atoms with van der Waals surface area (Å²) in [4.78, 5) is 35.1. The van der Waals surface area contributed by atoms with Crippen molar-refractivity contribution in [2.24, 2.45) is 5.73 Å². The van der Waals surface area contributed by atoms with Gasteiger partial charge < -0.3 is 10.8 Å². The minimum Gasteiger partial charge on any atom is -0.478 e. The van der Waals surface area contributed by atoms with Gasteiger partial charge in [-0.3, -0.25) is 14.9 Å². The molecule has 0 heterocycles. The number of carboxylic acid groups (broad SMARTS) is 1. The van der Waals surface area contributed by atoms with Gasteiger partial charge in [0.05, 0.1) is 21.6 Å². The van der Waals surface area contributed by atoms with Crippen molar-refractivity contribution in [1.29, 1.82) is 0 Å². The highest BCUT2D eigenvalue weighted by Gasteiger charge is 2.34. The topological polar surface area (TPSA) is 124 Å². The maximum absolute atomic E-state index is 12.3. The van der Waals surface area contributed by atoms with Gasteiger partial charge in [-0.1, -0.05) is 39.8 Å². The number of primary amides is 1. The molecule has 0 saturated heterocycles. The van der Waals surface area contributed by atoms with E-state index in [2.05, 4.69) is 0 Å². The van der Waals surface area contributed by atoms with Gasteiger partial charge in [0.2, 0.25) is 5.91 Å². The Labute approximate surface area is 176 Å². The van der Waals surface area contributed by atoms with Crippen molar-refractivity contribution in [3.8, 4) is 11.1 Å². The number of benzene rings is 2. The monoisotopic (exact) mass is 496 g/mol. The standard InChI is InChI=1S/C20H21IN2O5/c1-9(2)13-14(10(3)4)18(23(27)28)15(17(21)16(13)19(22)24)11-5-7-12(8-6-11)20(25)26/h5-10H,1-4H3,(H2,22,24)(H,25,26). The van der Waals surface area contributed by atoms with Gasteiger partial charge in [-0.2, -0.15) is 0 Å². The molecule has 8 heteroatoms. The molecule has 0 spiro atoms. The molecule has 2 rings (SSSR count). The van der Waals surface area contributed by atoms with E-state index in [-0.39, 0.29) is 34.2 Å². The van der Waals surface area contributed by atoms with Crippen LogP contribution in [0, 0.1) is 13.7 Å². The van der Waals surface area contributed by atoms with Gasteiger partial charge in [0.1, 0.15) is 0 Å². The molecule has 148 valence electrons. The molecule has 0 aliphatic heterocycles. The molecular weight excluding hydrogens is 475 g/mol. The summed E-state index contributed by atoms with van der Waals surface area (Å²) in [6.45, 7) is 7.41. The number of hydrogen-bond acceptors (Lipinski definition) is 4. The number of nitrogens with zero attached hydrogens (tertiary/aromatic N) is 1. The van der Waals surface area contributed by atoms with E-state index in [1.54, 1.807) is 0 Å². The van der Waals surface area contributed by atoms with Gasteiger partial charge in [-0.05, 0) is 57.7 Å². The van der Waals surface area contributed by atoms with Gasteiger partial charge in [0, 0.05) is 9.13 Å². The van der Waals surface area contributed by atoms with Crippen LogP contribution in [0.1, 0.15) is 71.4 Å². The second-order valence-electron chi connectivity index (χ2n) is 7.05. The number of rotatable bonds is 6. The molecule has 7 nitrogen and oxygen atoms in total. The lowest BCUT2D eigenvalue weighted by Crippen LogP contribution is -2.20. The summed E-state index contributed by atoms with van der Waals surface area (Å²) in [7, 11) is 0. The van der Waals surface area contributed by atoms with Crippen molar-refractivity contribution >= 4 is 40.2 Å². The zero-order valence-corrected chi connectivity index (χ0v) is 18.1. The van der Waals surface area contributed by atoms with Crippen LogP contribution in [-0.4, -0.2) is 21.9 Å². The summed E-state index contributed by atoms with van der Waals surface area (Å²) in [5, 5.41) is 21.2. The number of carboxylic acids is 1. The molecule has 1 amide bonds. The second kappa shape index (κ2) is 8.26. The zero-order valence-electron chi connectivity index (χ0n) is 15.9. The Morgan fingerprint density at radius 2 is 1.57 bits per heavy atom. The van der Waals surface area contributed by atoms with Gasteiger partial charge in [-0.15, -0.1) is 0 Å². The van der Waals surface area contributed by atoms with Gasteiger partial charge in [0.15, 0.2) is 0 Å². The maximum atomic E-state index is 12.3. The maximum Gasteiger partial charge on any atom is 0.335 e. The summed E-state index contributed by atoms with van der Waals surface area (Å²) >= 11 is 1.92. The third kappa shape index (κ3) is 3.87. The minimum atomic E-state index is -1.09. The number of carbonyl (C=O) groups excluding carboxylic acids is 1. The number of nitro groups is 1. The normalized spacial score (nSPS) is 11.1. The molecule has 0 aromatic heterocycles. The van der Waals surface area contributed by atoms with Gasteiger partial charge in [0.25, 0.3) is 5.69 Å². The molecular formula is C20H21IN2O5. The van der Waals surface area contributed by atoms with Crippen LogP contribution in [0.2, 0.25) is 0 Å². The van der Waals surface area contributed by atoms with Crippen LogP contribution in [0.5, 0.6) is 0 Å². The van der Waals surface area contributed by atoms with Crippen LogP contribution < -0.4 is 5.73 Å². The molecule has 0 bridgehead atoms. The molecule has 0 radical (unpaired) electrons. The molecule has 0 fully saturated rings. The van der Waals surface area contributed by atoms with E-state index >= 15 is 0 Å². The van der Waals surface area contributed by atoms with Crippen molar-refractivity contribution in [2.75, 3.05) is 0 Å². The first-order chi connectivity index (χ1) is 13.0. The Morgan fingerprint density at radius 1 is 1.07 bits per heavy atom. The van der Waals surface area contributed by atoms with Crippen LogP contribution in [0.4, 0.5) is 5.69 Å². The average Bonchev–Trinajstić information content (AvgIpc) is 2.59. The quantitative estimate of drug-likeness (QED) is 0.334. The highest BCUT2D eigenvalue weighted by molar-refractivity contribution is 14.1. The lowest BCUT2D eigenvalue weighted by atomic mass is 9.82. The summed E-state index contributed by atoms with van der Waals surface area (Å²) in [5.41, 5.74) is 7.75. The van der Waals surface area contributed by atoms with Crippen molar-refractivity contribution in [2.45, 2.75) is 39.5 Å². The highest BCUT2D eigenvalue weighted by Crippen LogP contribution is 2.46. The van der Waals surface area contributed by atoms with Crippen molar-refractivity contribution in [3.63, 3.8) is 0 Å². The molecule has 28 heavy (non-hydrogen) atoms. The van der Waals surface area contributed by atoms with E-state index in [0.29, 0.717) is 20.3 Å². The summed E-state index contributed by atoms with van der Waals surface area (Å²) in [5.74, 6) is -2.10. The Kier molecular flexibility index (Phi) is 6.43. The lowest BCUT2D eigenvalue weighted by molar-refractivity contribution is -0.385. The predicted molar refractivity (Wildman–Crippen MR) is 115 cm³/mol. The third-order valence-electron chi connectivity index (χ3n) is 4.49. The first-order valence-corrected chi connectivity index (χ1v) is 9.74. The number of halogens is 1. The molecule has 2 aromatic rings. The largest absolute Gasteiger partial charge is 0.478 e. The number of aromatic carboxylic acids is 1. The van der Waals surface area contributed by atoms with Crippen molar-refractivity contribution in [1.82, 2.24) is 0 Å². The van der Waals surface area contributed by atoms with E-state index in [1.807, 2.05) is 50.3 Å². The molecule has 0 aliphatic carbocycles. The van der Waals surface area contributed by atoms with Crippen molar-refractivity contribution < 1.29 is 19.6 Å². The van der Waals surface area contributed by atoms with E-state index in [4.69, 9.17) is 10.8 Å². The number of amides is 1. The Hall–Kier alpha value is -2.49. The van der Waals surface area contributed by atoms with E-state index in [0.717, 1.165) is 0 Å². The van der Waals surface area contributed by atoms with E-state index < -0.39 is 16.8 Å². The minimum absolute atomic E-state index is 0.0689. The SMILES string of the molecule is CC(C)c1c(C(N)=O)c(I)c(-c2ccc(C(=O)O)cc2)c([N+](=O)[O-])c1C(C)C. The van der Waals surface area contributed by atoms with Crippen LogP contribution >= 0.6 is 22.6 Å². The highest BCUT2D eigenvalue weighted by atomic mass is 127. The molecule has 0 atom stereocenters. The molecule has 3 N–H and O–H groups in total. The molecule has 0 aliphatic rings. The van der Waals surface area contributed by atoms with Crippen LogP contribution in [0.3, 0.4) is 0 Å². The molecule has 2 aromatic carbocycles. The summed E-state index contributed by atoms with van der Waals surface area (Å²) < 4.78 is 0.396. The third-order valence-corrected chi connectivity index (χ3v) is 5.57. The summed E-state index contributed by atoms with van der Waals surface area (Å²) in [6, 6.07) is 5.79. The number of hydrogen-bond donors (Lipinski definition) is 2. The second-order valence-corrected chi connectivity index (χ2v) is 8.13. The first kappa shape index (κ1) is 21.8. The number of carbonyl (C=O) groups is 2. The average molecular weight is 496 g/mol. The van der Waals surface area contributed by atoms with Gasteiger partial charge >= 0.3 is 5.97 Å². The number of nitro benzene ring substituents is 1.